The zero-order chi connectivity index (χ0) is 28.3. The normalized spacial score (nSPS) is 24.6. The van der Waals surface area contributed by atoms with Crippen molar-refractivity contribution in [3.8, 4) is 5.75 Å². The minimum Gasteiger partial charge on any atom is -0.476 e. The van der Waals surface area contributed by atoms with Crippen molar-refractivity contribution in [1.82, 2.24) is 10.6 Å². The van der Waals surface area contributed by atoms with E-state index >= 15 is 0 Å². The van der Waals surface area contributed by atoms with E-state index in [0.717, 1.165) is 18.5 Å². The predicted octanol–water partition coefficient (Wildman–Crippen LogP) is 2.61. The summed E-state index contributed by atoms with van der Waals surface area (Å²) in [5, 5.41) is 6.27. The van der Waals surface area contributed by atoms with Gasteiger partial charge in [0.05, 0.1) is 24.8 Å². The zero-order valence-corrected chi connectivity index (χ0v) is 23.8. The molecule has 0 bridgehead atoms. The highest BCUT2D eigenvalue weighted by atomic mass is 16.6. The minimum absolute atomic E-state index is 0.0218. The van der Waals surface area contributed by atoms with E-state index in [4.69, 9.17) is 18.9 Å². The summed E-state index contributed by atoms with van der Waals surface area (Å²) in [4.78, 5) is 43.4. The summed E-state index contributed by atoms with van der Waals surface area (Å²) in [6.45, 7) is 6.91. The van der Waals surface area contributed by atoms with Crippen LogP contribution in [0.25, 0.3) is 0 Å². The maximum atomic E-state index is 14.0. The van der Waals surface area contributed by atoms with Gasteiger partial charge >= 0.3 is 6.09 Å². The number of nitrogens with zero attached hydrogens (tertiary/aromatic N) is 2. The Bertz CT molecular complexity index is 1090. The summed E-state index contributed by atoms with van der Waals surface area (Å²) in [5.41, 5.74) is 0.455. The number of nitrogens with one attached hydrogen (secondary N) is 2. The standard InChI is InChI=1S/C29H42N4O7/c1-29(2)27(35)32(11-4-12-37-3)24-16-22(7-8-25(24)40-29)33(21-5-6-21)26(34)19-15-20(18-30-17-19)31-28(36)39-23-9-13-38-14-10-23/h7-8,16,19-21,23,30H,4-6,9-15,17-18H2,1-3H3,(H,31,36)/t19-,20+/m1/s1. The number of carbonyl (C=O) groups excluding carboxylic acids is 3. The van der Waals surface area contributed by atoms with E-state index in [2.05, 4.69) is 10.6 Å². The molecule has 11 heteroatoms. The number of piperidine rings is 1. The number of anilines is 2. The number of methoxy groups -OCH3 is 1. The SMILES string of the molecule is COCCCN1C(=O)C(C)(C)Oc2ccc(N(C(=O)[C@H]3CNC[C@@H](NC(=O)OC4CCOCC4)C3)C3CC3)cc21. The number of hydrogen-bond acceptors (Lipinski definition) is 8. The lowest BCUT2D eigenvalue weighted by Gasteiger charge is -2.40. The first-order chi connectivity index (χ1) is 19.3. The van der Waals surface area contributed by atoms with Gasteiger partial charge in [0.2, 0.25) is 5.91 Å². The lowest BCUT2D eigenvalue weighted by atomic mass is 9.94. The highest BCUT2D eigenvalue weighted by Crippen LogP contribution is 2.42. The van der Waals surface area contributed by atoms with E-state index in [1.807, 2.05) is 23.1 Å². The van der Waals surface area contributed by atoms with E-state index in [0.29, 0.717) is 76.6 Å². The number of fused-ring (bicyclic) bond motifs is 1. The Kier molecular flexibility index (Phi) is 8.82. The van der Waals surface area contributed by atoms with E-state index in [1.165, 1.54) is 0 Å². The molecule has 0 spiro atoms. The predicted molar refractivity (Wildman–Crippen MR) is 149 cm³/mol. The summed E-state index contributed by atoms with van der Waals surface area (Å²) >= 11 is 0. The van der Waals surface area contributed by atoms with E-state index in [9.17, 15) is 14.4 Å². The van der Waals surface area contributed by atoms with Crippen LogP contribution in [0.4, 0.5) is 16.2 Å². The van der Waals surface area contributed by atoms with E-state index in [-0.39, 0.29) is 35.9 Å². The van der Waals surface area contributed by atoms with Gasteiger partial charge in [-0.1, -0.05) is 0 Å². The highest BCUT2D eigenvalue weighted by molar-refractivity contribution is 6.04. The number of amides is 3. The number of carbonyl (C=O) groups is 3. The van der Waals surface area contributed by atoms with Crippen molar-refractivity contribution in [3.05, 3.63) is 18.2 Å². The van der Waals surface area contributed by atoms with Crippen molar-refractivity contribution < 1.29 is 33.3 Å². The molecular formula is C29H42N4O7. The van der Waals surface area contributed by atoms with Gasteiger partial charge in [0, 0.05) is 64.0 Å². The van der Waals surface area contributed by atoms with Crippen LogP contribution in [0.1, 0.15) is 52.4 Å². The molecule has 220 valence electrons. The molecule has 40 heavy (non-hydrogen) atoms. The molecule has 4 aliphatic rings. The van der Waals surface area contributed by atoms with Crippen molar-refractivity contribution >= 4 is 29.3 Å². The van der Waals surface area contributed by atoms with Gasteiger partial charge in [0.25, 0.3) is 5.91 Å². The van der Waals surface area contributed by atoms with Crippen LogP contribution < -0.4 is 25.2 Å². The van der Waals surface area contributed by atoms with Crippen molar-refractivity contribution in [1.29, 1.82) is 0 Å². The molecule has 3 amide bonds. The lowest BCUT2D eigenvalue weighted by Crippen LogP contribution is -2.54. The summed E-state index contributed by atoms with van der Waals surface area (Å²) in [7, 11) is 1.64. The van der Waals surface area contributed by atoms with Crippen molar-refractivity contribution in [3.63, 3.8) is 0 Å². The Morgan fingerprint density at radius 2 is 1.95 bits per heavy atom. The summed E-state index contributed by atoms with van der Waals surface area (Å²) < 4.78 is 22.2. The average Bonchev–Trinajstić information content (AvgIpc) is 3.77. The smallest absolute Gasteiger partial charge is 0.407 e. The molecule has 1 aromatic carbocycles. The van der Waals surface area contributed by atoms with Gasteiger partial charge in [-0.3, -0.25) is 9.59 Å². The van der Waals surface area contributed by atoms with Crippen molar-refractivity contribution in [2.75, 3.05) is 56.4 Å². The second kappa shape index (κ2) is 12.3. The van der Waals surface area contributed by atoms with Gasteiger partial charge in [-0.2, -0.15) is 0 Å². The van der Waals surface area contributed by atoms with Crippen LogP contribution in [-0.4, -0.2) is 88.3 Å². The second-order valence-corrected chi connectivity index (χ2v) is 11.7. The van der Waals surface area contributed by atoms with Gasteiger partial charge in [-0.15, -0.1) is 0 Å². The largest absolute Gasteiger partial charge is 0.476 e. The Morgan fingerprint density at radius 3 is 2.67 bits per heavy atom. The number of ether oxygens (including phenoxy) is 4. The molecular weight excluding hydrogens is 516 g/mol. The van der Waals surface area contributed by atoms with Gasteiger partial charge in [0.15, 0.2) is 5.60 Å². The lowest BCUT2D eigenvalue weighted by molar-refractivity contribution is -0.132. The number of rotatable bonds is 9. The molecule has 0 radical (unpaired) electrons. The van der Waals surface area contributed by atoms with Crippen LogP contribution in [0, 0.1) is 5.92 Å². The van der Waals surface area contributed by atoms with Crippen molar-refractivity contribution in [2.24, 2.45) is 5.92 Å². The molecule has 1 aromatic rings. The average molecular weight is 559 g/mol. The number of benzene rings is 1. The topological polar surface area (TPSA) is 119 Å². The Morgan fingerprint density at radius 1 is 1.18 bits per heavy atom. The molecule has 1 aliphatic carbocycles. The third-order valence-corrected chi connectivity index (χ3v) is 7.98. The van der Waals surface area contributed by atoms with Gasteiger partial charge < -0.3 is 39.4 Å². The summed E-state index contributed by atoms with van der Waals surface area (Å²) in [6, 6.07) is 5.59. The van der Waals surface area contributed by atoms with Crippen LogP contribution in [0.5, 0.6) is 5.75 Å². The Labute approximate surface area is 235 Å². The van der Waals surface area contributed by atoms with Crippen LogP contribution in [0.2, 0.25) is 0 Å². The van der Waals surface area contributed by atoms with Crippen molar-refractivity contribution in [2.45, 2.75) is 76.2 Å². The molecule has 11 nitrogen and oxygen atoms in total. The summed E-state index contributed by atoms with van der Waals surface area (Å²) in [5.74, 6) is 0.234. The van der Waals surface area contributed by atoms with Gasteiger partial charge in [-0.25, -0.2) is 4.79 Å². The fourth-order valence-corrected chi connectivity index (χ4v) is 5.73. The molecule has 0 unspecified atom stereocenters. The first-order valence-corrected chi connectivity index (χ1v) is 14.5. The number of hydrogen-bond donors (Lipinski definition) is 2. The minimum atomic E-state index is -0.977. The van der Waals surface area contributed by atoms with Gasteiger partial charge in [0.1, 0.15) is 11.9 Å². The fraction of sp³-hybridized carbons (Fsp3) is 0.690. The summed E-state index contributed by atoms with van der Waals surface area (Å²) in [6.07, 6.45) is 3.91. The maximum absolute atomic E-state index is 14.0. The van der Waals surface area contributed by atoms with Gasteiger partial charge in [-0.05, 0) is 57.7 Å². The molecule has 3 aliphatic heterocycles. The van der Waals surface area contributed by atoms with Crippen LogP contribution >= 0.6 is 0 Å². The second-order valence-electron chi connectivity index (χ2n) is 11.7. The third kappa shape index (κ3) is 6.53. The number of alkyl carbamates (subject to hydrolysis) is 1. The molecule has 5 rings (SSSR count). The molecule has 3 heterocycles. The zero-order valence-electron chi connectivity index (χ0n) is 23.8. The first-order valence-electron chi connectivity index (χ1n) is 14.5. The Balaban J connectivity index is 1.29. The Hall–Kier alpha value is -2.89. The maximum Gasteiger partial charge on any atom is 0.407 e. The van der Waals surface area contributed by atoms with E-state index in [1.54, 1.807) is 25.9 Å². The molecule has 0 aromatic heterocycles. The third-order valence-electron chi connectivity index (χ3n) is 7.98. The highest BCUT2D eigenvalue weighted by Gasteiger charge is 2.43. The molecule has 3 fully saturated rings. The monoisotopic (exact) mass is 558 g/mol. The fourth-order valence-electron chi connectivity index (χ4n) is 5.73. The van der Waals surface area contributed by atoms with Crippen LogP contribution in [0.3, 0.4) is 0 Å². The molecule has 2 saturated heterocycles. The quantitative estimate of drug-likeness (QED) is 0.444. The first kappa shape index (κ1) is 28.6. The van der Waals surface area contributed by atoms with Crippen LogP contribution in [0.15, 0.2) is 18.2 Å². The van der Waals surface area contributed by atoms with E-state index < -0.39 is 11.7 Å². The molecule has 2 N–H and O–H groups in total. The van der Waals surface area contributed by atoms with Crippen LogP contribution in [-0.2, 0) is 23.8 Å². The molecule has 1 saturated carbocycles. The molecule has 2 atom stereocenters.